The third kappa shape index (κ3) is 7.28. The maximum atomic E-state index is 13.7. The summed E-state index contributed by atoms with van der Waals surface area (Å²) in [6.07, 6.45) is 11.0. The van der Waals surface area contributed by atoms with Crippen molar-refractivity contribution in [3.8, 4) is 0 Å². The Morgan fingerprint density at radius 2 is 1.58 bits per heavy atom. The van der Waals surface area contributed by atoms with Gasteiger partial charge in [0.1, 0.15) is 0 Å². The van der Waals surface area contributed by atoms with Crippen LogP contribution in [0, 0.1) is 5.82 Å². The van der Waals surface area contributed by atoms with Crippen LogP contribution in [0.15, 0.2) is 6.07 Å². The van der Waals surface area contributed by atoms with Crippen molar-refractivity contribution in [2.24, 2.45) is 0 Å². The third-order valence-electron chi connectivity index (χ3n) is 4.06. The second-order valence-electron chi connectivity index (χ2n) is 6.13. The van der Waals surface area contributed by atoms with Gasteiger partial charge in [0.05, 0.1) is 12.3 Å². The van der Waals surface area contributed by atoms with Crippen LogP contribution in [0.25, 0.3) is 0 Å². The van der Waals surface area contributed by atoms with E-state index < -0.39 is 11.8 Å². The molecule has 0 saturated carbocycles. The number of unbranched alkanes of at least 4 members (excludes halogenated alkanes) is 8. The number of ketones is 1. The van der Waals surface area contributed by atoms with Gasteiger partial charge in [-0.2, -0.15) is 0 Å². The van der Waals surface area contributed by atoms with Crippen molar-refractivity contribution in [2.45, 2.75) is 78.1 Å². The van der Waals surface area contributed by atoms with E-state index in [4.69, 9.17) is 4.74 Å². The third-order valence-corrected chi connectivity index (χ3v) is 4.06. The van der Waals surface area contributed by atoms with Crippen LogP contribution in [-0.2, 0) is 4.74 Å². The maximum absolute atomic E-state index is 13.7. The number of rotatable bonds is 13. The number of nitrogens with one attached hydrogen (secondary N) is 1. The highest BCUT2D eigenvalue weighted by atomic mass is 19.1. The van der Waals surface area contributed by atoms with Gasteiger partial charge in [-0.15, -0.1) is 0 Å². The Morgan fingerprint density at radius 3 is 2.17 bits per heavy atom. The number of halogens is 1. The summed E-state index contributed by atoms with van der Waals surface area (Å²) in [5.41, 5.74) is -0.123. The molecule has 0 aromatic carbocycles. The number of aromatic nitrogens is 1. The molecule has 1 heterocycles. The van der Waals surface area contributed by atoms with Gasteiger partial charge in [0.25, 0.3) is 0 Å². The summed E-state index contributed by atoms with van der Waals surface area (Å²) < 4.78 is 18.4. The van der Waals surface area contributed by atoms with E-state index in [0.29, 0.717) is 6.42 Å². The first-order valence-corrected chi connectivity index (χ1v) is 9.19. The second kappa shape index (κ2) is 11.8. The predicted octanol–water partition coefficient (Wildman–Crippen LogP) is 5.43. The quantitative estimate of drug-likeness (QED) is 0.296. The summed E-state index contributed by atoms with van der Waals surface area (Å²) >= 11 is 0. The molecule has 0 aliphatic carbocycles. The van der Waals surface area contributed by atoms with Gasteiger partial charge in [-0.05, 0) is 13.3 Å². The van der Waals surface area contributed by atoms with E-state index in [1.807, 2.05) is 0 Å². The minimum absolute atomic E-state index is 0.148. The van der Waals surface area contributed by atoms with E-state index in [0.717, 1.165) is 25.3 Å². The van der Waals surface area contributed by atoms with Crippen molar-refractivity contribution in [3.05, 3.63) is 23.3 Å². The molecule has 0 aliphatic rings. The number of H-pyrrole nitrogens is 1. The van der Waals surface area contributed by atoms with Crippen LogP contribution in [0.1, 0.15) is 99.0 Å². The molecule has 1 aromatic rings. The van der Waals surface area contributed by atoms with Crippen LogP contribution in [0.4, 0.5) is 4.39 Å². The summed E-state index contributed by atoms with van der Waals surface area (Å²) in [5.74, 6) is -1.66. The number of aromatic amines is 1. The summed E-state index contributed by atoms with van der Waals surface area (Å²) in [4.78, 5) is 26.1. The normalized spacial score (nSPS) is 10.8. The Bertz CT molecular complexity index is 511. The van der Waals surface area contributed by atoms with Gasteiger partial charge in [-0.25, -0.2) is 9.18 Å². The Morgan fingerprint density at radius 1 is 1.00 bits per heavy atom. The van der Waals surface area contributed by atoms with E-state index in [1.54, 1.807) is 6.92 Å². The molecular weight excluding hydrogens is 309 g/mol. The second-order valence-corrected chi connectivity index (χ2v) is 6.13. The summed E-state index contributed by atoms with van der Waals surface area (Å²) in [7, 11) is 0. The monoisotopic (exact) mass is 339 g/mol. The fraction of sp³-hybridized carbons (Fsp3) is 0.684. The molecule has 5 heteroatoms. The SMILES string of the molecule is CCCCCCCCCCCC(=O)c1cc(F)c(C(=O)OCC)[nH]1. The zero-order chi connectivity index (χ0) is 17.8. The highest BCUT2D eigenvalue weighted by Crippen LogP contribution is 2.15. The van der Waals surface area contributed by atoms with Crippen molar-refractivity contribution in [1.29, 1.82) is 0 Å². The number of ether oxygens (including phenoxy) is 1. The zero-order valence-electron chi connectivity index (χ0n) is 15.0. The number of Topliss-reactive ketones (excluding diaryl/α,β-unsaturated/α-hetero) is 1. The molecule has 0 aliphatic heterocycles. The smallest absolute Gasteiger partial charge is 0.357 e. The lowest BCUT2D eigenvalue weighted by Crippen LogP contribution is -2.07. The molecule has 1 N–H and O–H groups in total. The van der Waals surface area contributed by atoms with E-state index >= 15 is 0 Å². The molecule has 0 saturated heterocycles. The van der Waals surface area contributed by atoms with Gasteiger partial charge in [-0.1, -0.05) is 58.3 Å². The highest BCUT2D eigenvalue weighted by molar-refractivity contribution is 5.97. The molecule has 1 aromatic heterocycles. The molecule has 0 fully saturated rings. The summed E-state index contributed by atoms with van der Waals surface area (Å²) in [5, 5.41) is 0. The first-order valence-electron chi connectivity index (χ1n) is 9.19. The average molecular weight is 339 g/mol. The lowest BCUT2D eigenvalue weighted by molar-refractivity contribution is 0.0515. The summed E-state index contributed by atoms with van der Waals surface area (Å²) in [6, 6.07) is 1.09. The Hall–Kier alpha value is -1.65. The Labute approximate surface area is 144 Å². The maximum Gasteiger partial charge on any atom is 0.357 e. The van der Waals surface area contributed by atoms with Crippen molar-refractivity contribution in [3.63, 3.8) is 0 Å². The topological polar surface area (TPSA) is 59.2 Å². The molecule has 0 amide bonds. The standard InChI is InChI=1S/C19H30FNO3/c1-3-5-6-7-8-9-10-11-12-13-17(22)16-14-15(20)18(21-16)19(23)24-4-2/h14,21H,3-13H2,1-2H3. The molecule has 0 spiro atoms. The van der Waals surface area contributed by atoms with E-state index in [9.17, 15) is 14.0 Å². The molecule has 0 atom stereocenters. The molecule has 0 radical (unpaired) electrons. The molecule has 4 nitrogen and oxygen atoms in total. The minimum Gasteiger partial charge on any atom is -0.461 e. The molecule has 0 bridgehead atoms. The van der Waals surface area contributed by atoms with Crippen LogP contribution < -0.4 is 0 Å². The minimum atomic E-state index is -0.767. The van der Waals surface area contributed by atoms with Gasteiger partial charge in [0.2, 0.25) is 0 Å². The van der Waals surface area contributed by atoms with Crippen LogP contribution in [0.5, 0.6) is 0 Å². The fourth-order valence-corrected chi connectivity index (χ4v) is 2.66. The van der Waals surface area contributed by atoms with Crippen LogP contribution in [-0.4, -0.2) is 23.3 Å². The Balaban J connectivity index is 2.24. The molecule has 1 rings (SSSR count). The number of hydrogen-bond acceptors (Lipinski definition) is 3. The lowest BCUT2D eigenvalue weighted by Gasteiger charge is -2.02. The fourth-order valence-electron chi connectivity index (χ4n) is 2.66. The first-order chi connectivity index (χ1) is 11.6. The van der Waals surface area contributed by atoms with Crippen LogP contribution >= 0.6 is 0 Å². The number of esters is 1. The molecule has 24 heavy (non-hydrogen) atoms. The number of hydrogen-bond donors (Lipinski definition) is 1. The zero-order valence-corrected chi connectivity index (χ0v) is 15.0. The largest absolute Gasteiger partial charge is 0.461 e. The highest BCUT2D eigenvalue weighted by Gasteiger charge is 2.19. The molecule has 0 unspecified atom stereocenters. The van der Waals surface area contributed by atoms with E-state index in [-0.39, 0.29) is 23.8 Å². The summed E-state index contributed by atoms with van der Waals surface area (Å²) in [6.45, 7) is 4.02. The van der Waals surface area contributed by atoms with Crippen molar-refractivity contribution < 1.29 is 18.7 Å². The Kier molecular flexibility index (Phi) is 10.0. The molecular formula is C19H30FNO3. The van der Waals surface area contributed by atoms with E-state index in [1.165, 1.54) is 38.5 Å². The molecule has 136 valence electrons. The van der Waals surface area contributed by atoms with Crippen molar-refractivity contribution in [1.82, 2.24) is 4.98 Å². The van der Waals surface area contributed by atoms with Gasteiger partial charge in [0, 0.05) is 12.5 Å². The average Bonchev–Trinajstić information content (AvgIpc) is 2.95. The van der Waals surface area contributed by atoms with Crippen LogP contribution in [0.3, 0.4) is 0 Å². The first kappa shape index (κ1) is 20.4. The van der Waals surface area contributed by atoms with Gasteiger partial charge < -0.3 is 9.72 Å². The van der Waals surface area contributed by atoms with Gasteiger partial charge in [-0.3, -0.25) is 4.79 Å². The number of carbonyl (C=O) groups is 2. The van der Waals surface area contributed by atoms with Gasteiger partial charge >= 0.3 is 5.97 Å². The predicted molar refractivity (Wildman–Crippen MR) is 92.9 cm³/mol. The van der Waals surface area contributed by atoms with E-state index in [2.05, 4.69) is 11.9 Å². The van der Waals surface area contributed by atoms with Gasteiger partial charge in [0.15, 0.2) is 17.3 Å². The van der Waals surface area contributed by atoms with Crippen molar-refractivity contribution >= 4 is 11.8 Å². The van der Waals surface area contributed by atoms with Crippen molar-refractivity contribution in [2.75, 3.05) is 6.61 Å². The van der Waals surface area contributed by atoms with Crippen LogP contribution in [0.2, 0.25) is 0 Å². The number of carbonyl (C=O) groups excluding carboxylic acids is 2. The lowest BCUT2D eigenvalue weighted by atomic mass is 10.0.